The predicted octanol–water partition coefficient (Wildman–Crippen LogP) is 3.26. The number of halogens is 4. The predicted molar refractivity (Wildman–Crippen MR) is 60.1 cm³/mol. The van der Waals surface area contributed by atoms with E-state index in [2.05, 4.69) is 20.7 Å². The Kier molecular flexibility index (Phi) is 4.35. The molecule has 7 heteroatoms. The Hall–Kier alpha value is -1.55. The number of ether oxygens (including phenoxy) is 1. The van der Waals surface area contributed by atoms with E-state index in [4.69, 9.17) is 5.26 Å². The maximum Gasteiger partial charge on any atom is 0.417 e. The van der Waals surface area contributed by atoms with E-state index in [1.807, 2.05) is 0 Å². The van der Waals surface area contributed by atoms with Crippen molar-refractivity contribution in [1.29, 1.82) is 5.26 Å². The summed E-state index contributed by atoms with van der Waals surface area (Å²) in [4.78, 5) is 11.4. The standard InChI is InChI=1S/C11H7BrF3NO2/c1-18-10(17)9-7(5-16)6(4-12)2-3-8(9)11(13,14)15/h2-3H,4H2,1H3. The molecule has 0 aliphatic heterocycles. The van der Waals surface area contributed by atoms with Gasteiger partial charge in [-0.2, -0.15) is 18.4 Å². The van der Waals surface area contributed by atoms with Crippen LogP contribution >= 0.6 is 15.9 Å². The highest BCUT2D eigenvalue weighted by molar-refractivity contribution is 9.08. The van der Waals surface area contributed by atoms with E-state index in [1.54, 1.807) is 6.07 Å². The second-order valence-corrected chi connectivity index (χ2v) is 3.82. The second-order valence-electron chi connectivity index (χ2n) is 3.26. The highest BCUT2D eigenvalue weighted by Crippen LogP contribution is 2.35. The highest BCUT2D eigenvalue weighted by Gasteiger charge is 2.37. The summed E-state index contributed by atoms with van der Waals surface area (Å²) in [6, 6.07) is 3.53. The molecule has 0 saturated carbocycles. The number of methoxy groups -OCH3 is 1. The Labute approximate surface area is 109 Å². The Morgan fingerprint density at radius 2 is 2.11 bits per heavy atom. The number of benzene rings is 1. The van der Waals surface area contributed by atoms with Crippen molar-refractivity contribution in [3.63, 3.8) is 0 Å². The van der Waals surface area contributed by atoms with Gasteiger partial charge in [0.15, 0.2) is 0 Å². The fraction of sp³-hybridized carbons (Fsp3) is 0.273. The summed E-state index contributed by atoms with van der Waals surface area (Å²) >= 11 is 3.04. The molecule has 0 heterocycles. The maximum atomic E-state index is 12.8. The van der Waals surface area contributed by atoms with Gasteiger partial charge in [-0.05, 0) is 11.6 Å². The molecule has 96 valence electrons. The summed E-state index contributed by atoms with van der Waals surface area (Å²) < 4.78 is 42.6. The van der Waals surface area contributed by atoms with E-state index in [1.165, 1.54) is 0 Å². The molecular formula is C11H7BrF3NO2. The molecule has 0 fully saturated rings. The molecule has 0 saturated heterocycles. The number of rotatable bonds is 2. The van der Waals surface area contributed by atoms with Gasteiger partial charge in [0.1, 0.15) is 6.07 Å². The molecule has 18 heavy (non-hydrogen) atoms. The first kappa shape index (κ1) is 14.5. The van der Waals surface area contributed by atoms with Crippen molar-refractivity contribution >= 4 is 21.9 Å². The number of carbonyl (C=O) groups excluding carboxylic acids is 1. The zero-order valence-corrected chi connectivity index (χ0v) is 10.7. The lowest BCUT2D eigenvalue weighted by Gasteiger charge is -2.14. The van der Waals surface area contributed by atoms with Crippen LogP contribution in [0.15, 0.2) is 12.1 Å². The molecule has 3 nitrogen and oxygen atoms in total. The maximum absolute atomic E-state index is 12.8. The molecule has 0 N–H and O–H groups in total. The SMILES string of the molecule is COC(=O)c1c(C(F)(F)F)ccc(CBr)c1C#N. The van der Waals surface area contributed by atoms with Crippen LogP contribution in [0, 0.1) is 11.3 Å². The van der Waals surface area contributed by atoms with E-state index < -0.39 is 23.3 Å². The Balaban J connectivity index is 3.67. The molecule has 0 atom stereocenters. The van der Waals surface area contributed by atoms with Gasteiger partial charge in [-0.25, -0.2) is 4.79 Å². The number of carbonyl (C=O) groups is 1. The summed E-state index contributed by atoms with van der Waals surface area (Å²) in [6.07, 6.45) is -4.72. The first-order valence-corrected chi connectivity index (χ1v) is 5.76. The zero-order chi connectivity index (χ0) is 13.9. The number of hydrogen-bond acceptors (Lipinski definition) is 3. The molecule has 0 spiro atoms. The number of nitrogens with zero attached hydrogens (tertiary/aromatic N) is 1. The van der Waals surface area contributed by atoms with Crippen molar-refractivity contribution in [1.82, 2.24) is 0 Å². The normalized spacial score (nSPS) is 10.9. The van der Waals surface area contributed by atoms with Gasteiger partial charge in [0.25, 0.3) is 0 Å². The Morgan fingerprint density at radius 3 is 2.50 bits per heavy atom. The molecule has 1 rings (SSSR count). The van der Waals surface area contributed by atoms with Crippen LogP contribution in [-0.4, -0.2) is 13.1 Å². The average Bonchev–Trinajstić information content (AvgIpc) is 2.34. The fourth-order valence-electron chi connectivity index (χ4n) is 1.44. The largest absolute Gasteiger partial charge is 0.465 e. The van der Waals surface area contributed by atoms with Crippen molar-refractivity contribution in [3.05, 3.63) is 34.4 Å². The first-order valence-electron chi connectivity index (χ1n) is 4.64. The third kappa shape index (κ3) is 2.64. The monoisotopic (exact) mass is 321 g/mol. The van der Waals surface area contributed by atoms with Gasteiger partial charge in [-0.15, -0.1) is 0 Å². The van der Waals surface area contributed by atoms with Crippen LogP contribution in [0.3, 0.4) is 0 Å². The molecule has 0 aromatic heterocycles. The average molecular weight is 322 g/mol. The molecule has 1 aromatic rings. The van der Waals surface area contributed by atoms with Crippen LogP contribution in [0.25, 0.3) is 0 Å². The van der Waals surface area contributed by atoms with E-state index in [9.17, 15) is 18.0 Å². The van der Waals surface area contributed by atoms with Crippen LogP contribution in [0.2, 0.25) is 0 Å². The topological polar surface area (TPSA) is 50.1 Å². The van der Waals surface area contributed by atoms with Crippen LogP contribution in [-0.2, 0) is 16.2 Å². The lowest BCUT2D eigenvalue weighted by atomic mass is 9.97. The summed E-state index contributed by atoms with van der Waals surface area (Å²) in [5.41, 5.74) is -1.94. The van der Waals surface area contributed by atoms with E-state index in [0.29, 0.717) is 5.56 Å². The lowest BCUT2D eigenvalue weighted by Crippen LogP contribution is -2.17. The minimum absolute atomic E-state index is 0.165. The highest BCUT2D eigenvalue weighted by atomic mass is 79.9. The molecule has 0 unspecified atom stereocenters. The van der Waals surface area contributed by atoms with Gasteiger partial charge in [0.2, 0.25) is 0 Å². The number of esters is 1. The number of alkyl halides is 4. The summed E-state index contributed by atoms with van der Waals surface area (Å²) in [7, 11) is 0.963. The van der Waals surface area contributed by atoms with Crippen molar-refractivity contribution in [2.24, 2.45) is 0 Å². The third-order valence-electron chi connectivity index (χ3n) is 2.24. The minimum Gasteiger partial charge on any atom is -0.465 e. The summed E-state index contributed by atoms with van der Waals surface area (Å²) in [6.45, 7) is 0. The number of nitriles is 1. The third-order valence-corrected chi connectivity index (χ3v) is 2.85. The van der Waals surface area contributed by atoms with Gasteiger partial charge >= 0.3 is 12.1 Å². The molecule has 0 aliphatic rings. The van der Waals surface area contributed by atoms with Crippen LogP contribution < -0.4 is 0 Å². The number of hydrogen-bond donors (Lipinski definition) is 0. The molecule has 0 radical (unpaired) electrons. The van der Waals surface area contributed by atoms with Crippen LogP contribution in [0.4, 0.5) is 13.2 Å². The zero-order valence-electron chi connectivity index (χ0n) is 9.14. The van der Waals surface area contributed by atoms with Crippen molar-refractivity contribution < 1.29 is 22.7 Å². The van der Waals surface area contributed by atoms with Crippen molar-refractivity contribution in [3.8, 4) is 6.07 Å². The Morgan fingerprint density at radius 1 is 1.50 bits per heavy atom. The molecule has 1 aromatic carbocycles. The molecule has 0 bridgehead atoms. The minimum atomic E-state index is -4.72. The smallest absolute Gasteiger partial charge is 0.417 e. The lowest BCUT2D eigenvalue weighted by molar-refractivity contribution is -0.138. The molecule has 0 amide bonds. The fourth-order valence-corrected chi connectivity index (χ4v) is 1.90. The molecular weight excluding hydrogens is 315 g/mol. The van der Waals surface area contributed by atoms with E-state index in [0.717, 1.165) is 19.2 Å². The Bertz CT molecular complexity index is 520. The van der Waals surface area contributed by atoms with Crippen LogP contribution in [0.1, 0.15) is 27.0 Å². The van der Waals surface area contributed by atoms with Gasteiger partial charge in [-0.3, -0.25) is 0 Å². The quantitative estimate of drug-likeness (QED) is 0.620. The summed E-state index contributed by atoms with van der Waals surface area (Å²) in [5.74, 6) is -1.18. The van der Waals surface area contributed by atoms with E-state index in [-0.39, 0.29) is 10.9 Å². The van der Waals surface area contributed by atoms with E-state index >= 15 is 0 Å². The van der Waals surface area contributed by atoms with Crippen molar-refractivity contribution in [2.45, 2.75) is 11.5 Å². The molecule has 0 aliphatic carbocycles. The van der Waals surface area contributed by atoms with Gasteiger partial charge in [-0.1, -0.05) is 22.0 Å². The van der Waals surface area contributed by atoms with Gasteiger partial charge < -0.3 is 4.74 Å². The van der Waals surface area contributed by atoms with Gasteiger partial charge in [0.05, 0.1) is 23.8 Å². The second kappa shape index (κ2) is 5.40. The summed E-state index contributed by atoms with van der Waals surface area (Å²) in [5, 5.41) is 9.08. The van der Waals surface area contributed by atoms with Crippen molar-refractivity contribution in [2.75, 3.05) is 7.11 Å². The van der Waals surface area contributed by atoms with Gasteiger partial charge in [0, 0.05) is 5.33 Å². The first-order chi connectivity index (χ1) is 8.36. The van der Waals surface area contributed by atoms with Crippen LogP contribution in [0.5, 0.6) is 0 Å².